The van der Waals surface area contributed by atoms with Crippen LogP contribution in [0.15, 0.2) is 0 Å². The molecule has 1 N–H and O–H groups in total. The third-order valence-corrected chi connectivity index (χ3v) is 2.60. The number of likely N-dealkylation sites (N-methyl/N-ethyl adjacent to an activating group) is 1. The quantitative estimate of drug-likeness (QED) is 0.469. The average Bonchev–Trinajstić information content (AvgIpc) is 2.04. The second-order valence-electron chi connectivity index (χ2n) is 3.79. The highest BCUT2D eigenvalue weighted by Gasteiger charge is 2.20. The van der Waals surface area contributed by atoms with E-state index in [9.17, 15) is 0 Å². The van der Waals surface area contributed by atoms with E-state index in [-0.39, 0.29) is 0 Å². The molecule has 0 spiro atoms. The fourth-order valence-electron chi connectivity index (χ4n) is 1.68. The Balaban J connectivity index is 2.46. The molecule has 1 aliphatic rings. The van der Waals surface area contributed by atoms with E-state index in [1.807, 2.05) is 6.92 Å². The molecule has 0 aromatic carbocycles. The third kappa shape index (κ3) is 2.21. The van der Waals surface area contributed by atoms with Crippen molar-refractivity contribution in [3.63, 3.8) is 0 Å². The van der Waals surface area contributed by atoms with Crippen LogP contribution in [0.5, 0.6) is 0 Å². The van der Waals surface area contributed by atoms with Crippen LogP contribution in [-0.4, -0.2) is 48.9 Å². The fraction of sp³-hybridized carbons (Fsp3) is 0.889. The van der Waals surface area contributed by atoms with Crippen LogP contribution in [0.1, 0.15) is 19.8 Å². The molecule has 1 atom stereocenters. The van der Waals surface area contributed by atoms with Gasteiger partial charge in [0.25, 0.3) is 0 Å². The number of amidine groups is 1. The first-order valence-corrected chi connectivity index (χ1v) is 4.58. The lowest BCUT2D eigenvalue weighted by molar-refractivity contribution is 0.183. The minimum absolute atomic E-state index is 0.638. The molecular formula is C9H19N3. The van der Waals surface area contributed by atoms with E-state index in [0.717, 1.165) is 13.1 Å². The number of piperidine rings is 1. The molecule has 0 saturated carbocycles. The molecule has 0 aromatic rings. The van der Waals surface area contributed by atoms with Crippen LogP contribution in [0, 0.1) is 5.41 Å². The van der Waals surface area contributed by atoms with Gasteiger partial charge in [0.2, 0.25) is 0 Å². The van der Waals surface area contributed by atoms with Crippen molar-refractivity contribution in [2.24, 2.45) is 0 Å². The van der Waals surface area contributed by atoms with Gasteiger partial charge in [-0.25, -0.2) is 0 Å². The standard InChI is InChI=1S/C9H19N3/c1-8(10)12-6-4-5-9(7-12)11(2)3/h9-10H,4-7H2,1-3H3. The van der Waals surface area contributed by atoms with Gasteiger partial charge in [-0.1, -0.05) is 0 Å². The molecule has 12 heavy (non-hydrogen) atoms. The van der Waals surface area contributed by atoms with Gasteiger partial charge < -0.3 is 9.80 Å². The Labute approximate surface area is 74.9 Å². The number of hydrogen-bond donors (Lipinski definition) is 1. The number of nitrogens with one attached hydrogen (secondary N) is 1. The molecule has 0 aromatic heterocycles. The Bertz CT molecular complexity index is 165. The maximum atomic E-state index is 7.53. The number of likely N-dealkylation sites (tertiary alicyclic amines) is 1. The van der Waals surface area contributed by atoms with E-state index >= 15 is 0 Å². The van der Waals surface area contributed by atoms with Gasteiger partial charge in [-0.05, 0) is 33.9 Å². The van der Waals surface area contributed by atoms with E-state index in [2.05, 4.69) is 23.9 Å². The molecule has 0 bridgehead atoms. The van der Waals surface area contributed by atoms with Crippen LogP contribution in [0.3, 0.4) is 0 Å². The predicted molar refractivity (Wildman–Crippen MR) is 51.7 cm³/mol. The van der Waals surface area contributed by atoms with Crippen molar-refractivity contribution >= 4 is 5.84 Å². The van der Waals surface area contributed by atoms with Crippen LogP contribution < -0.4 is 0 Å². The summed E-state index contributed by atoms with van der Waals surface area (Å²) in [5.41, 5.74) is 0. The lowest BCUT2D eigenvalue weighted by atomic mass is 10.1. The number of rotatable bonds is 1. The van der Waals surface area contributed by atoms with Gasteiger partial charge in [0, 0.05) is 19.1 Å². The SMILES string of the molecule is CC(=N)N1CCCC(N(C)C)C1. The smallest absolute Gasteiger partial charge is 0.0926 e. The van der Waals surface area contributed by atoms with Gasteiger partial charge >= 0.3 is 0 Å². The summed E-state index contributed by atoms with van der Waals surface area (Å²) in [4.78, 5) is 4.42. The first-order valence-electron chi connectivity index (χ1n) is 4.58. The van der Waals surface area contributed by atoms with Crippen LogP contribution in [-0.2, 0) is 0 Å². The molecule has 70 valence electrons. The highest BCUT2D eigenvalue weighted by atomic mass is 15.2. The molecule has 1 saturated heterocycles. The molecule has 0 aliphatic carbocycles. The van der Waals surface area contributed by atoms with Crippen molar-refractivity contribution < 1.29 is 0 Å². The minimum atomic E-state index is 0.638. The fourth-order valence-corrected chi connectivity index (χ4v) is 1.68. The summed E-state index contributed by atoms with van der Waals surface area (Å²) >= 11 is 0. The predicted octanol–water partition coefficient (Wildman–Crippen LogP) is 1.01. The topological polar surface area (TPSA) is 30.3 Å². The molecule has 1 fully saturated rings. The van der Waals surface area contributed by atoms with Crippen molar-refractivity contribution in [2.45, 2.75) is 25.8 Å². The average molecular weight is 169 g/mol. The Morgan fingerprint density at radius 3 is 2.67 bits per heavy atom. The lowest BCUT2D eigenvalue weighted by Gasteiger charge is -2.36. The summed E-state index contributed by atoms with van der Waals surface area (Å²) in [6, 6.07) is 0.638. The Morgan fingerprint density at radius 2 is 2.17 bits per heavy atom. The summed E-state index contributed by atoms with van der Waals surface area (Å²) in [5, 5.41) is 7.53. The third-order valence-electron chi connectivity index (χ3n) is 2.60. The minimum Gasteiger partial charge on any atom is -0.359 e. The van der Waals surface area contributed by atoms with Gasteiger partial charge in [0.05, 0.1) is 5.84 Å². The molecule has 1 aliphatic heterocycles. The van der Waals surface area contributed by atoms with Gasteiger partial charge in [-0.3, -0.25) is 5.41 Å². The van der Waals surface area contributed by atoms with Crippen molar-refractivity contribution in [2.75, 3.05) is 27.2 Å². The molecule has 3 nitrogen and oxygen atoms in total. The van der Waals surface area contributed by atoms with Gasteiger partial charge in [0.1, 0.15) is 0 Å². The monoisotopic (exact) mass is 169 g/mol. The zero-order chi connectivity index (χ0) is 9.14. The Kier molecular flexibility index (Phi) is 3.09. The van der Waals surface area contributed by atoms with Crippen LogP contribution >= 0.6 is 0 Å². The summed E-state index contributed by atoms with van der Waals surface area (Å²) in [6.45, 7) is 3.97. The van der Waals surface area contributed by atoms with Crippen molar-refractivity contribution in [3.05, 3.63) is 0 Å². The van der Waals surface area contributed by atoms with Gasteiger partial charge in [0.15, 0.2) is 0 Å². The van der Waals surface area contributed by atoms with Gasteiger partial charge in [-0.15, -0.1) is 0 Å². The second-order valence-corrected chi connectivity index (χ2v) is 3.79. The van der Waals surface area contributed by atoms with Gasteiger partial charge in [-0.2, -0.15) is 0 Å². The van der Waals surface area contributed by atoms with E-state index in [0.29, 0.717) is 11.9 Å². The van der Waals surface area contributed by atoms with Crippen molar-refractivity contribution in [3.8, 4) is 0 Å². The van der Waals surface area contributed by atoms with Crippen LogP contribution in [0.25, 0.3) is 0 Å². The van der Waals surface area contributed by atoms with E-state index in [1.54, 1.807) is 0 Å². The Hall–Kier alpha value is -0.570. The van der Waals surface area contributed by atoms with E-state index in [1.165, 1.54) is 12.8 Å². The normalized spacial score (nSPS) is 24.7. The van der Waals surface area contributed by atoms with Crippen LogP contribution in [0.4, 0.5) is 0 Å². The first kappa shape index (κ1) is 9.52. The Morgan fingerprint density at radius 1 is 1.50 bits per heavy atom. The largest absolute Gasteiger partial charge is 0.359 e. The number of hydrogen-bond acceptors (Lipinski definition) is 2. The zero-order valence-corrected chi connectivity index (χ0v) is 8.30. The highest BCUT2D eigenvalue weighted by molar-refractivity contribution is 5.76. The summed E-state index contributed by atoms with van der Waals surface area (Å²) in [5.74, 6) is 0.710. The molecule has 1 heterocycles. The molecule has 1 rings (SSSR count). The second kappa shape index (κ2) is 3.90. The first-order chi connectivity index (χ1) is 5.61. The summed E-state index contributed by atoms with van der Waals surface area (Å²) in [6.07, 6.45) is 2.50. The maximum Gasteiger partial charge on any atom is 0.0926 e. The van der Waals surface area contributed by atoms with E-state index < -0.39 is 0 Å². The van der Waals surface area contributed by atoms with Crippen molar-refractivity contribution in [1.82, 2.24) is 9.80 Å². The number of nitrogens with zero attached hydrogens (tertiary/aromatic N) is 2. The molecule has 3 heteroatoms. The molecule has 1 unspecified atom stereocenters. The highest BCUT2D eigenvalue weighted by Crippen LogP contribution is 2.13. The lowest BCUT2D eigenvalue weighted by Crippen LogP contribution is -2.46. The van der Waals surface area contributed by atoms with Crippen LogP contribution in [0.2, 0.25) is 0 Å². The molecular weight excluding hydrogens is 150 g/mol. The maximum absolute atomic E-state index is 7.53. The van der Waals surface area contributed by atoms with E-state index in [4.69, 9.17) is 5.41 Å². The van der Waals surface area contributed by atoms with Crippen molar-refractivity contribution in [1.29, 1.82) is 5.41 Å². The molecule has 0 radical (unpaired) electrons. The molecule has 0 amide bonds. The zero-order valence-electron chi connectivity index (χ0n) is 8.30. The summed E-state index contributed by atoms with van der Waals surface area (Å²) < 4.78 is 0. The summed E-state index contributed by atoms with van der Waals surface area (Å²) in [7, 11) is 4.24.